The number of carbonyl (C=O) groups excluding carboxylic acids is 1. The monoisotopic (exact) mass is 284 g/mol. The van der Waals surface area contributed by atoms with Crippen molar-refractivity contribution >= 4 is 11.7 Å². The van der Waals surface area contributed by atoms with Crippen molar-refractivity contribution in [1.29, 1.82) is 0 Å². The van der Waals surface area contributed by atoms with Crippen LogP contribution < -0.4 is 5.73 Å². The largest absolute Gasteiger partial charge is 0.469 e. The molecule has 0 fully saturated rings. The second kappa shape index (κ2) is 5.37. The second-order valence-corrected chi connectivity index (χ2v) is 3.50. The number of ether oxygens (including phenoxy) is 1. The van der Waals surface area contributed by atoms with Crippen LogP contribution >= 0.6 is 0 Å². The van der Waals surface area contributed by atoms with Gasteiger partial charge in [0, 0.05) is 6.20 Å². The Morgan fingerprint density at radius 2 is 2.05 bits per heavy atom. The normalized spacial score (nSPS) is 11.7. The number of halogens is 5. The van der Waals surface area contributed by atoms with Gasteiger partial charge in [-0.15, -0.1) is 0 Å². The van der Waals surface area contributed by atoms with E-state index in [1.54, 1.807) is 0 Å². The Hall–Kier alpha value is -1.93. The van der Waals surface area contributed by atoms with Gasteiger partial charge >= 0.3 is 12.1 Å². The lowest BCUT2D eigenvalue weighted by Crippen LogP contribution is -2.16. The lowest BCUT2D eigenvalue weighted by atomic mass is 10.1. The highest BCUT2D eigenvalue weighted by Crippen LogP contribution is 2.38. The van der Waals surface area contributed by atoms with Crippen LogP contribution in [0.4, 0.5) is 27.6 Å². The predicted molar refractivity (Wildman–Crippen MR) is 54.3 cm³/mol. The molecular weight excluding hydrogens is 275 g/mol. The molecule has 0 aliphatic carbocycles. The van der Waals surface area contributed by atoms with E-state index in [0.717, 1.165) is 7.11 Å². The zero-order valence-corrected chi connectivity index (χ0v) is 9.59. The van der Waals surface area contributed by atoms with E-state index in [4.69, 9.17) is 5.73 Å². The lowest BCUT2D eigenvalue weighted by Gasteiger charge is -2.15. The summed E-state index contributed by atoms with van der Waals surface area (Å²) in [7, 11) is 1.01. The van der Waals surface area contributed by atoms with E-state index in [9.17, 15) is 26.7 Å². The number of pyridine rings is 1. The van der Waals surface area contributed by atoms with Crippen LogP contribution in [0.1, 0.15) is 23.2 Å². The first kappa shape index (κ1) is 15.1. The van der Waals surface area contributed by atoms with Gasteiger partial charge < -0.3 is 10.5 Å². The molecule has 0 radical (unpaired) electrons. The lowest BCUT2D eigenvalue weighted by molar-refractivity contribution is -0.139. The minimum Gasteiger partial charge on any atom is -0.469 e. The first-order chi connectivity index (χ1) is 8.68. The molecule has 2 N–H and O–H groups in total. The highest BCUT2D eigenvalue weighted by atomic mass is 19.4. The minimum atomic E-state index is -4.90. The van der Waals surface area contributed by atoms with E-state index in [2.05, 4.69) is 9.72 Å². The first-order valence-corrected chi connectivity index (χ1v) is 4.87. The van der Waals surface area contributed by atoms with Crippen molar-refractivity contribution in [3.8, 4) is 0 Å². The van der Waals surface area contributed by atoms with E-state index in [1.165, 1.54) is 0 Å². The van der Waals surface area contributed by atoms with Crippen molar-refractivity contribution < 1.29 is 31.5 Å². The highest BCUT2D eigenvalue weighted by Gasteiger charge is 2.36. The van der Waals surface area contributed by atoms with Crippen molar-refractivity contribution in [3.05, 3.63) is 23.0 Å². The van der Waals surface area contributed by atoms with Gasteiger partial charge in [-0.25, -0.2) is 8.78 Å². The van der Waals surface area contributed by atoms with Crippen molar-refractivity contribution in [3.63, 3.8) is 0 Å². The van der Waals surface area contributed by atoms with Gasteiger partial charge in [0.2, 0.25) is 0 Å². The Bertz CT molecular complexity index is 488. The number of esters is 1. The van der Waals surface area contributed by atoms with Crippen molar-refractivity contribution in [1.82, 2.24) is 4.98 Å². The van der Waals surface area contributed by atoms with E-state index >= 15 is 0 Å². The molecule has 0 amide bonds. The Morgan fingerprint density at radius 1 is 1.47 bits per heavy atom. The molecule has 0 aromatic carbocycles. The molecule has 1 heterocycles. The summed E-state index contributed by atoms with van der Waals surface area (Å²) in [5.41, 5.74) is 0.874. The van der Waals surface area contributed by atoms with Crippen LogP contribution in [0.3, 0.4) is 0 Å². The number of carbonyl (C=O) groups is 1. The second-order valence-electron chi connectivity index (χ2n) is 3.50. The topological polar surface area (TPSA) is 65.2 Å². The number of hydrogen-bond donors (Lipinski definition) is 1. The average Bonchev–Trinajstić information content (AvgIpc) is 2.26. The van der Waals surface area contributed by atoms with Gasteiger partial charge in [-0.3, -0.25) is 9.78 Å². The summed E-state index contributed by atoms with van der Waals surface area (Å²) in [6, 6.07) is 0. The van der Waals surface area contributed by atoms with Crippen molar-refractivity contribution in [2.45, 2.75) is 19.0 Å². The maximum absolute atomic E-state index is 12.8. The highest BCUT2D eigenvalue weighted by molar-refractivity contribution is 5.73. The number of anilines is 1. The maximum atomic E-state index is 12.8. The molecule has 19 heavy (non-hydrogen) atoms. The summed E-state index contributed by atoms with van der Waals surface area (Å²) in [6.07, 6.45) is -8.54. The molecule has 0 aliphatic heterocycles. The van der Waals surface area contributed by atoms with Gasteiger partial charge in [0.05, 0.1) is 36.0 Å². The number of aromatic nitrogens is 1. The van der Waals surface area contributed by atoms with E-state index in [1.807, 2.05) is 0 Å². The molecular formula is C10H9F5N2O2. The van der Waals surface area contributed by atoms with Gasteiger partial charge in [-0.2, -0.15) is 13.2 Å². The summed E-state index contributed by atoms with van der Waals surface area (Å²) in [5.74, 6) is -0.909. The van der Waals surface area contributed by atoms with Gasteiger partial charge in [-0.1, -0.05) is 0 Å². The number of nitrogens with two attached hydrogens (primary N) is 1. The van der Waals surface area contributed by atoms with Crippen LogP contribution in [0.25, 0.3) is 0 Å². The molecule has 0 unspecified atom stereocenters. The summed E-state index contributed by atoms with van der Waals surface area (Å²) >= 11 is 0. The summed E-state index contributed by atoms with van der Waals surface area (Å²) in [5, 5.41) is 0. The molecule has 0 aliphatic rings. The van der Waals surface area contributed by atoms with Gasteiger partial charge in [0.15, 0.2) is 0 Å². The minimum absolute atomic E-state index is 0.319. The third-order valence-electron chi connectivity index (χ3n) is 2.30. The number of hydrogen-bond acceptors (Lipinski definition) is 4. The average molecular weight is 284 g/mol. The van der Waals surface area contributed by atoms with Crippen LogP contribution in [0.5, 0.6) is 0 Å². The molecule has 9 heteroatoms. The van der Waals surface area contributed by atoms with Crippen molar-refractivity contribution in [2.75, 3.05) is 12.8 Å². The standard InChI is InChI=1S/C10H9F5N2O2/c1-19-6(18)2-5-7(9(11)12)8(16)4(3-17-5)10(13,14)15/h3,9H,2H2,1H3,(H2,16,17). The zero-order valence-electron chi connectivity index (χ0n) is 9.59. The molecule has 4 nitrogen and oxygen atoms in total. The molecule has 106 valence electrons. The number of alkyl halides is 5. The molecule has 1 aromatic heterocycles. The molecule has 0 saturated heterocycles. The number of methoxy groups -OCH3 is 1. The molecule has 0 bridgehead atoms. The molecule has 0 spiro atoms. The number of nitrogens with zero attached hydrogens (tertiary/aromatic N) is 1. The smallest absolute Gasteiger partial charge is 0.419 e. The van der Waals surface area contributed by atoms with E-state index in [-0.39, 0.29) is 0 Å². The molecule has 1 rings (SSSR count). The Labute approximate surface area is 104 Å². The Balaban J connectivity index is 3.36. The molecule has 1 aromatic rings. The maximum Gasteiger partial charge on any atom is 0.419 e. The van der Waals surface area contributed by atoms with Gasteiger partial charge in [-0.05, 0) is 0 Å². The van der Waals surface area contributed by atoms with Gasteiger partial charge in [0.25, 0.3) is 6.43 Å². The van der Waals surface area contributed by atoms with Crippen LogP contribution in [0, 0.1) is 0 Å². The van der Waals surface area contributed by atoms with Crippen molar-refractivity contribution in [2.24, 2.45) is 0 Å². The van der Waals surface area contributed by atoms with Crippen LogP contribution in [0.15, 0.2) is 6.20 Å². The van der Waals surface area contributed by atoms with Gasteiger partial charge in [0.1, 0.15) is 0 Å². The molecule has 0 atom stereocenters. The van der Waals surface area contributed by atoms with Crippen LogP contribution in [-0.4, -0.2) is 18.1 Å². The van der Waals surface area contributed by atoms with E-state index < -0.39 is 47.5 Å². The van der Waals surface area contributed by atoms with Crippen LogP contribution in [-0.2, 0) is 22.1 Å². The fourth-order valence-electron chi connectivity index (χ4n) is 1.40. The number of nitrogen functional groups attached to an aromatic ring is 1. The zero-order chi connectivity index (χ0) is 14.8. The fraction of sp³-hybridized carbons (Fsp3) is 0.400. The first-order valence-electron chi connectivity index (χ1n) is 4.87. The van der Waals surface area contributed by atoms with Crippen LogP contribution in [0.2, 0.25) is 0 Å². The Kier molecular flexibility index (Phi) is 4.28. The SMILES string of the molecule is COC(=O)Cc1ncc(C(F)(F)F)c(N)c1C(F)F. The van der Waals surface area contributed by atoms with E-state index in [0.29, 0.717) is 6.20 Å². The fourth-order valence-corrected chi connectivity index (χ4v) is 1.40. The Morgan fingerprint density at radius 3 is 2.47 bits per heavy atom. The number of rotatable bonds is 3. The quantitative estimate of drug-likeness (QED) is 0.683. The third kappa shape index (κ3) is 3.30. The third-order valence-corrected chi connectivity index (χ3v) is 2.30. The summed E-state index contributed by atoms with van der Waals surface area (Å²) < 4.78 is 67.3. The summed E-state index contributed by atoms with van der Waals surface area (Å²) in [6.45, 7) is 0. The predicted octanol–water partition coefficient (Wildman–Crippen LogP) is 2.34. The summed E-state index contributed by atoms with van der Waals surface area (Å²) in [4.78, 5) is 14.2. The molecule has 0 saturated carbocycles.